The van der Waals surface area contributed by atoms with E-state index in [4.69, 9.17) is 0 Å². The van der Waals surface area contributed by atoms with Crippen LogP contribution in [0.2, 0.25) is 0 Å². The van der Waals surface area contributed by atoms with Crippen LogP contribution in [0.3, 0.4) is 0 Å². The van der Waals surface area contributed by atoms with Crippen LogP contribution in [-0.2, 0) is 4.79 Å². The van der Waals surface area contributed by atoms with E-state index in [2.05, 4.69) is 40.9 Å². The fraction of sp³-hybridized carbons (Fsp3) is 0.833. The number of aliphatic hydroxyl groups excluding tert-OH is 2. The molecular formula is C30H50O5. The predicted octanol–water partition coefficient (Wildman–Crippen LogP) is 5.73. The van der Waals surface area contributed by atoms with E-state index in [-0.39, 0.29) is 46.3 Å². The first-order valence-corrected chi connectivity index (χ1v) is 13.6. The van der Waals surface area contributed by atoms with Gasteiger partial charge in [-0.25, -0.2) is 0 Å². The number of fused-ring (bicyclic) bond motifs is 3. The minimum Gasteiger partial charge on any atom is -0.481 e. The van der Waals surface area contributed by atoms with E-state index < -0.39 is 23.8 Å². The number of rotatable bonds is 9. The van der Waals surface area contributed by atoms with Crippen molar-refractivity contribution in [3.8, 4) is 0 Å². The molecule has 3 aliphatic rings. The summed E-state index contributed by atoms with van der Waals surface area (Å²) in [4.78, 5) is 11.6. The van der Waals surface area contributed by atoms with Crippen LogP contribution in [0.4, 0.5) is 0 Å². The second-order valence-electron chi connectivity index (χ2n) is 13.5. The molecule has 0 saturated heterocycles. The van der Waals surface area contributed by atoms with E-state index >= 15 is 0 Å². The first-order valence-electron chi connectivity index (χ1n) is 13.6. The minimum atomic E-state index is -0.982. The van der Waals surface area contributed by atoms with E-state index in [1.54, 1.807) is 6.92 Å². The molecular weight excluding hydrogens is 440 g/mol. The fourth-order valence-corrected chi connectivity index (χ4v) is 9.22. The van der Waals surface area contributed by atoms with Gasteiger partial charge in [-0.15, -0.1) is 0 Å². The summed E-state index contributed by atoms with van der Waals surface area (Å²) in [7, 11) is 0. The Kier molecular flexibility index (Phi) is 7.80. The van der Waals surface area contributed by atoms with Gasteiger partial charge >= 0.3 is 5.97 Å². The molecule has 5 nitrogen and oxygen atoms in total. The first kappa shape index (κ1) is 28.4. The molecule has 0 heterocycles. The van der Waals surface area contributed by atoms with Gasteiger partial charge in [0.05, 0.1) is 17.8 Å². The Balaban J connectivity index is 1.96. The predicted molar refractivity (Wildman–Crippen MR) is 140 cm³/mol. The largest absolute Gasteiger partial charge is 0.481 e. The van der Waals surface area contributed by atoms with Crippen LogP contribution in [-0.4, -0.2) is 44.2 Å². The lowest BCUT2D eigenvalue weighted by Gasteiger charge is -2.67. The highest BCUT2D eigenvalue weighted by Crippen LogP contribution is 2.74. The van der Waals surface area contributed by atoms with Crippen LogP contribution in [0.5, 0.6) is 0 Å². The lowest BCUT2D eigenvalue weighted by molar-refractivity contribution is -0.214. The molecule has 4 N–H and O–H groups in total. The normalized spacial score (nSPS) is 43.5. The van der Waals surface area contributed by atoms with Crippen molar-refractivity contribution in [2.45, 2.75) is 117 Å². The number of aliphatic carboxylic acids is 1. The number of carboxylic acid groups (broad SMARTS) is 1. The molecule has 0 radical (unpaired) electrons. The molecule has 0 aliphatic heterocycles. The molecule has 5 heteroatoms. The highest BCUT2D eigenvalue weighted by atomic mass is 16.4. The van der Waals surface area contributed by atoms with Gasteiger partial charge in [-0.2, -0.15) is 0 Å². The van der Waals surface area contributed by atoms with E-state index in [9.17, 15) is 25.2 Å². The topological polar surface area (TPSA) is 98.0 Å². The molecule has 200 valence electrons. The third-order valence-electron chi connectivity index (χ3n) is 11.4. The van der Waals surface area contributed by atoms with Gasteiger partial charge < -0.3 is 20.4 Å². The summed E-state index contributed by atoms with van der Waals surface area (Å²) < 4.78 is 0. The zero-order valence-corrected chi connectivity index (χ0v) is 22.9. The minimum absolute atomic E-state index is 0.0224. The molecule has 3 saturated carbocycles. The van der Waals surface area contributed by atoms with Gasteiger partial charge in [-0.05, 0) is 112 Å². The van der Waals surface area contributed by atoms with Crippen LogP contribution < -0.4 is 0 Å². The lowest BCUT2D eigenvalue weighted by Crippen LogP contribution is -2.63. The number of hydrogen-bond donors (Lipinski definition) is 4. The Morgan fingerprint density at radius 2 is 1.71 bits per heavy atom. The maximum Gasteiger partial charge on any atom is 0.303 e. The number of carboxylic acids is 1. The zero-order valence-electron chi connectivity index (χ0n) is 22.9. The van der Waals surface area contributed by atoms with Gasteiger partial charge in [0.1, 0.15) is 0 Å². The zero-order chi connectivity index (χ0) is 26.6. The van der Waals surface area contributed by atoms with E-state index in [0.29, 0.717) is 31.3 Å². The van der Waals surface area contributed by atoms with Crippen LogP contribution in [0, 0.1) is 39.9 Å². The van der Waals surface area contributed by atoms with Crippen molar-refractivity contribution in [3.63, 3.8) is 0 Å². The Labute approximate surface area is 212 Å². The summed E-state index contributed by atoms with van der Waals surface area (Å²) in [6, 6.07) is 0. The van der Waals surface area contributed by atoms with E-state index in [1.165, 1.54) is 0 Å². The van der Waals surface area contributed by atoms with Crippen molar-refractivity contribution in [2.75, 3.05) is 0 Å². The molecule has 0 spiro atoms. The van der Waals surface area contributed by atoms with Crippen LogP contribution >= 0.6 is 0 Å². The van der Waals surface area contributed by atoms with Crippen molar-refractivity contribution in [3.05, 3.63) is 24.3 Å². The van der Waals surface area contributed by atoms with Gasteiger partial charge in [-0.1, -0.05) is 45.1 Å². The summed E-state index contributed by atoms with van der Waals surface area (Å²) in [6.07, 6.45) is 4.94. The third-order valence-corrected chi connectivity index (χ3v) is 11.4. The van der Waals surface area contributed by atoms with Crippen LogP contribution in [0.25, 0.3) is 0 Å². The molecule has 1 unspecified atom stereocenters. The van der Waals surface area contributed by atoms with Gasteiger partial charge in [0.15, 0.2) is 0 Å². The molecule has 0 bridgehead atoms. The van der Waals surface area contributed by atoms with E-state index in [1.807, 2.05) is 6.92 Å². The molecule has 3 aliphatic carbocycles. The summed E-state index contributed by atoms with van der Waals surface area (Å²) in [5.41, 5.74) is 0.396. The molecule has 0 aromatic heterocycles. The Hall–Kier alpha value is -1.17. The van der Waals surface area contributed by atoms with Crippen molar-refractivity contribution >= 4 is 5.97 Å². The quantitative estimate of drug-likeness (QED) is 0.309. The Bertz CT molecular complexity index is 848. The highest BCUT2D eigenvalue weighted by Gasteiger charge is 2.69. The second kappa shape index (κ2) is 9.61. The Morgan fingerprint density at radius 3 is 2.26 bits per heavy atom. The molecule has 0 aromatic rings. The number of carbonyl (C=O) groups is 1. The monoisotopic (exact) mass is 490 g/mol. The molecule has 0 amide bonds. The van der Waals surface area contributed by atoms with Crippen molar-refractivity contribution in [1.82, 2.24) is 0 Å². The second-order valence-corrected chi connectivity index (χ2v) is 13.5. The Morgan fingerprint density at radius 1 is 1.11 bits per heavy atom. The highest BCUT2D eigenvalue weighted by molar-refractivity contribution is 5.66. The smallest absolute Gasteiger partial charge is 0.303 e. The van der Waals surface area contributed by atoms with Gasteiger partial charge in [0, 0.05) is 6.42 Å². The lowest BCUT2D eigenvalue weighted by atomic mass is 9.37. The average Bonchev–Trinajstić information content (AvgIpc) is 3.13. The molecule has 0 aromatic carbocycles. The number of hydrogen-bond acceptors (Lipinski definition) is 4. The number of allylic oxidation sites excluding steroid dienone is 1. The van der Waals surface area contributed by atoms with Gasteiger partial charge in [0.2, 0.25) is 0 Å². The summed E-state index contributed by atoms with van der Waals surface area (Å²) in [5, 5.41) is 43.1. The summed E-state index contributed by atoms with van der Waals surface area (Å²) in [5.74, 6) is -0.396. The van der Waals surface area contributed by atoms with E-state index in [0.717, 1.165) is 31.3 Å². The maximum atomic E-state index is 11.7. The molecule has 10 atom stereocenters. The summed E-state index contributed by atoms with van der Waals surface area (Å²) in [6.45, 7) is 20.8. The maximum absolute atomic E-state index is 11.7. The van der Waals surface area contributed by atoms with Crippen molar-refractivity contribution in [1.29, 1.82) is 0 Å². The summed E-state index contributed by atoms with van der Waals surface area (Å²) >= 11 is 0. The average molecular weight is 491 g/mol. The number of aliphatic hydroxyl groups is 3. The third kappa shape index (κ3) is 4.66. The molecule has 35 heavy (non-hydrogen) atoms. The first-order chi connectivity index (χ1) is 16.0. The molecule has 3 rings (SSSR count). The van der Waals surface area contributed by atoms with Crippen molar-refractivity contribution in [2.24, 2.45) is 39.9 Å². The fourth-order valence-electron chi connectivity index (χ4n) is 9.22. The van der Waals surface area contributed by atoms with Gasteiger partial charge in [-0.3, -0.25) is 4.79 Å². The van der Waals surface area contributed by atoms with Crippen LogP contribution in [0.15, 0.2) is 24.3 Å². The standard InChI is InChI=1S/C30H50O5/c1-18(2)20-9-14-28(6)24(27(20,5)13-12-25(33)34)17-23(32)26-21(10-15-29(26,28)7)30(8,35)16-11-22(31)19(3)4/h20-24,26,31-32,35H,1,3,9-17H2,2,4-8H3,(H,33,34)/t20-,21-,22-,23+,24?,26-,27-,28+,29+,30-/m0/s1. The van der Waals surface area contributed by atoms with Crippen LogP contribution in [0.1, 0.15) is 99.3 Å². The van der Waals surface area contributed by atoms with Crippen molar-refractivity contribution < 1.29 is 25.2 Å². The SMILES string of the molecule is C=C(C)[C@@H](O)CC[C@](C)(O)[C@H]1CC[C@]2(C)[C@@H]1[C@H](O)CC1[C@@](C)(CCC(=O)O)[C@H](C(=C)C)CC[C@]12C. The molecule has 3 fully saturated rings. The van der Waals surface area contributed by atoms with Gasteiger partial charge in [0.25, 0.3) is 0 Å².